The Hall–Kier alpha value is -3.37. The fraction of sp³-hybridized carbons (Fsp3) is 0.0870. The van der Waals surface area contributed by atoms with Crippen molar-refractivity contribution >= 4 is 11.5 Å². The van der Waals surface area contributed by atoms with Gasteiger partial charge in [0.25, 0.3) is 0 Å². The van der Waals surface area contributed by atoms with Crippen LogP contribution in [0.25, 0.3) is 5.70 Å². The number of carbonyl (C=O) groups excluding carboxylic acids is 1. The number of rotatable bonds is 5. The number of hydrogen-bond acceptors (Lipinski definition) is 4. The maximum absolute atomic E-state index is 13.3. The zero-order chi connectivity index (χ0) is 18.6. The van der Waals surface area contributed by atoms with Crippen molar-refractivity contribution in [1.82, 2.24) is 5.48 Å². The van der Waals surface area contributed by atoms with Gasteiger partial charge in [0.1, 0.15) is 11.9 Å². The van der Waals surface area contributed by atoms with E-state index in [9.17, 15) is 4.79 Å². The van der Waals surface area contributed by atoms with Gasteiger partial charge in [0.05, 0.1) is 18.4 Å². The van der Waals surface area contributed by atoms with Crippen LogP contribution in [0.3, 0.4) is 0 Å². The first kappa shape index (κ1) is 17.1. The molecule has 0 fully saturated rings. The first-order valence-electron chi connectivity index (χ1n) is 8.73. The molecule has 0 aromatic heterocycles. The lowest BCUT2D eigenvalue weighted by molar-refractivity contribution is 0.0446. The molecule has 4 heteroatoms. The Morgan fingerprint density at radius 2 is 1.52 bits per heavy atom. The largest absolute Gasteiger partial charge is 0.497 e. The van der Waals surface area contributed by atoms with Crippen LogP contribution in [0.5, 0.6) is 5.75 Å². The summed E-state index contributed by atoms with van der Waals surface area (Å²) in [5.41, 5.74) is 6.68. The summed E-state index contributed by atoms with van der Waals surface area (Å²) in [7, 11) is 1.63. The van der Waals surface area contributed by atoms with Crippen molar-refractivity contribution in [2.75, 3.05) is 7.11 Å². The number of ketones is 1. The summed E-state index contributed by atoms with van der Waals surface area (Å²) in [5.74, 6) is 0.703. The van der Waals surface area contributed by atoms with E-state index in [1.165, 1.54) is 0 Å². The highest BCUT2D eigenvalue weighted by molar-refractivity contribution is 6.14. The number of Topliss-reactive ketones (excluding diaryl/α,β-unsaturated/α-hetero) is 1. The molecule has 3 aromatic rings. The van der Waals surface area contributed by atoms with E-state index in [4.69, 9.17) is 9.57 Å². The molecule has 1 aliphatic rings. The zero-order valence-corrected chi connectivity index (χ0v) is 14.9. The van der Waals surface area contributed by atoms with Crippen molar-refractivity contribution in [2.45, 2.75) is 6.10 Å². The number of benzene rings is 3. The van der Waals surface area contributed by atoms with Gasteiger partial charge in [0.15, 0.2) is 5.78 Å². The number of hydrogen-bond donors (Lipinski definition) is 1. The second-order valence-electron chi connectivity index (χ2n) is 6.22. The van der Waals surface area contributed by atoms with Crippen molar-refractivity contribution in [3.63, 3.8) is 0 Å². The van der Waals surface area contributed by atoms with Gasteiger partial charge < -0.3 is 4.74 Å². The highest BCUT2D eigenvalue weighted by Gasteiger charge is 2.34. The zero-order valence-electron chi connectivity index (χ0n) is 14.9. The van der Waals surface area contributed by atoms with Crippen molar-refractivity contribution in [3.05, 3.63) is 107 Å². The molecule has 0 radical (unpaired) electrons. The molecule has 4 nitrogen and oxygen atoms in total. The smallest absolute Gasteiger partial charge is 0.194 e. The molecule has 0 amide bonds. The number of methoxy groups -OCH3 is 1. The fourth-order valence-electron chi connectivity index (χ4n) is 3.18. The normalized spacial score (nSPS) is 16.1. The minimum atomic E-state index is -0.476. The van der Waals surface area contributed by atoms with Crippen LogP contribution in [0.15, 0.2) is 90.5 Å². The molecule has 1 atom stereocenters. The van der Waals surface area contributed by atoms with Crippen LogP contribution < -0.4 is 10.2 Å². The molecular weight excluding hydrogens is 338 g/mol. The molecule has 0 bridgehead atoms. The van der Waals surface area contributed by atoms with E-state index in [0.29, 0.717) is 16.8 Å². The van der Waals surface area contributed by atoms with Crippen molar-refractivity contribution in [3.8, 4) is 5.75 Å². The third-order valence-electron chi connectivity index (χ3n) is 4.57. The lowest BCUT2D eigenvalue weighted by Crippen LogP contribution is -2.11. The van der Waals surface area contributed by atoms with Gasteiger partial charge in [0, 0.05) is 11.1 Å². The summed E-state index contributed by atoms with van der Waals surface area (Å²) >= 11 is 0. The SMILES string of the molecule is COc1ccc(C2=C(C(=O)c3ccccc3)[C@@H](c3ccccc3)ON2)cc1. The average Bonchev–Trinajstić information content (AvgIpc) is 3.19. The van der Waals surface area contributed by atoms with Gasteiger partial charge in [-0.3, -0.25) is 15.1 Å². The summed E-state index contributed by atoms with van der Waals surface area (Å²) in [4.78, 5) is 19.2. The second-order valence-corrected chi connectivity index (χ2v) is 6.22. The number of ether oxygens (including phenoxy) is 1. The molecule has 0 saturated heterocycles. The van der Waals surface area contributed by atoms with E-state index >= 15 is 0 Å². The molecule has 1 N–H and O–H groups in total. The lowest BCUT2D eigenvalue weighted by Gasteiger charge is -2.13. The minimum absolute atomic E-state index is 0.0553. The summed E-state index contributed by atoms with van der Waals surface area (Å²) in [5, 5.41) is 0. The molecule has 27 heavy (non-hydrogen) atoms. The molecule has 134 valence electrons. The van der Waals surface area contributed by atoms with Gasteiger partial charge in [-0.05, 0) is 29.8 Å². The maximum Gasteiger partial charge on any atom is 0.194 e. The monoisotopic (exact) mass is 357 g/mol. The van der Waals surface area contributed by atoms with Gasteiger partial charge in [-0.2, -0.15) is 0 Å². The van der Waals surface area contributed by atoms with E-state index in [0.717, 1.165) is 16.9 Å². The Morgan fingerprint density at radius 1 is 0.889 bits per heavy atom. The van der Waals surface area contributed by atoms with Crippen LogP contribution in [0, 0.1) is 0 Å². The summed E-state index contributed by atoms with van der Waals surface area (Å²) < 4.78 is 5.23. The Bertz CT molecular complexity index is 964. The quantitative estimate of drug-likeness (QED) is 0.680. The van der Waals surface area contributed by atoms with Crippen molar-refractivity contribution < 1.29 is 14.4 Å². The number of nitrogens with one attached hydrogen (secondary N) is 1. The average molecular weight is 357 g/mol. The van der Waals surface area contributed by atoms with E-state index in [-0.39, 0.29) is 5.78 Å². The summed E-state index contributed by atoms with van der Waals surface area (Å²) in [6.07, 6.45) is -0.476. The van der Waals surface area contributed by atoms with Crippen LogP contribution in [0.2, 0.25) is 0 Å². The first-order chi connectivity index (χ1) is 13.3. The molecule has 3 aromatic carbocycles. The highest BCUT2D eigenvalue weighted by atomic mass is 16.7. The molecule has 0 aliphatic carbocycles. The van der Waals surface area contributed by atoms with E-state index in [1.54, 1.807) is 7.11 Å². The van der Waals surface area contributed by atoms with Gasteiger partial charge in [-0.1, -0.05) is 60.7 Å². The van der Waals surface area contributed by atoms with Crippen molar-refractivity contribution in [1.29, 1.82) is 0 Å². The lowest BCUT2D eigenvalue weighted by atomic mass is 9.91. The van der Waals surface area contributed by atoms with Crippen LogP contribution in [-0.2, 0) is 4.84 Å². The Kier molecular flexibility index (Phi) is 4.73. The standard InChI is InChI=1S/C23H19NO3/c1-26-19-14-12-16(13-15-19)21-20(22(25)17-8-4-2-5-9-17)23(27-24-21)18-10-6-3-7-11-18/h2-15,23-24H,1H3/t23-/m1/s1. The molecule has 1 heterocycles. The van der Waals surface area contributed by atoms with Gasteiger partial charge in [-0.15, -0.1) is 0 Å². The van der Waals surface area contributed by atoms with Gasteiger partial charge in [0.2, 0.25) is 0 Å². The third-order valence-corrected chi connectivity index (χ3v) is 4.57. The molecule has 4 rings (SSSR count). The van der Waals surface area contributed by atoms with Crippen LogP contribution >= 0.6 is 0 Å². The van der Waals surface area contributed by atoms with E-state index in [1.807, 2.05) is 84.9 Å². The summed E-state index contributed by atoms with van der Waals surface area (Å²) in [6, 6.07) is 26.6. The Labute approximate surface area is 158 Å². The summed E-state index contributed by atoms with van der Waals surface area (Å²) in [6.45, 7) is 0. The third kappa shape index (κ3) is 3.35. The van der Waals surface area contributed by atoms with Crippen LogP contribution in [-0.4, -0.2) is 12.9 Å². The first-order valence-corrected chi connectivity index (χ1v) is 8.73. The topological polar surface area (TPSA) is 47.6 Å². The fourth-order valence-corrected chi connectivity index (χ4v) is 3.18. The van der Waals surface area contributed by atoms with Gasteiger partial charge in [-0.25, -0.2) is 0 Å². The molecule has 0 spiro atoms. The number of hydroxylamine groups is 1. The van der Waals surface area contributed by atoms with E-state index < -0.39 is 6.10 Å². The van der Waals surface area contributed by atoms with Crippen molar-refractivity contribution in [2.24, 2.45) is 0 Å². The van der Waals surface area contributed by atoms with Gasteiger partial charge >= 0.3 is 0 Å². The molecular formula is C23H19NO3. The van der Waals surface area contributed by atoms with E-state index in [2.05, 4.69) is 5.48 Å². The minimum Gasteiger partial charge on any atom is -0.497 e. The molecule has 1 aliphatic heterocycles. The second kappa shape index (κ2) is 7.48. The Balaban J connectivity index is 1.83. The maximum atomic E-state index is 13.3. The van der Waals surface area contributed by atoms with Crippen LogP contribution in [0.4, 0.5) is 0 Å². The molecule has 0 unspecified atom stereocenters. The predicted octanol–water partition coefficient (Wildman–Crippen LogP) is 4.57. The highest BCUT2D eigenvalue weighted by Crippen LogP contribution is 2.38. The molecule has 0 saturated carbocycles. The Morgan fingerprint density at radius 3 is 2.15 bits per heavy atom. The van der Waals surface area contributed by atoms with Crippen LogP contribution in [0.1, 0.15) is 27.6 Å². The predicted molar refractivity (Wildman–Crippen MR) is 104 cm³/mol. The number of carbonyl (C=O) groups is 1.